The fourth-order valence-electron chi connectivity index (χ4n) is 3.34. The van der Waals surface area contributed by atoms with Gasteiger partial charge < -0.3 is 9.84 Å². The van der Waals surface area contributed by atoms with Crippen LogP contribution in [0.15, 0.2) is 18.2 Å². The lowest BCUT2D eigenvalue weighted by Gasteiger charge is -2.41. The number of hydrogen-bond acceptors (Lipinski definition) is 4. The fourth-order valence-corrected chi connectivity index (χ4v) is 3.53. The second-order valence-corrected chi connectivity index (χ2v) is 6.39. The van der Waals surface area contributed by atoms with Crippen molar-refractivity contribution in [2.45, 2.75) is 25.4 Å². The van der Waals surface area contributed by atoms with E-state index >= 15 is 0 Å². The van der Waals surface area contributed by atoms with Crippen LogP contribution >= 0.6 is 11.6 Å². The molecular formula is C16H23ClN2O2. The first-order valence-corrected chi connectivity index (χ1v) is 8.12. The van der Waals surface area contributed by atoms with Gasteiger partial charge in [-0.3, -0.25) is 9.80 Å². The van der Waals surface area contributed by atoms with E-state index in [0.29, 0.717) is 16.8 Å². The van der Waals surface area contributed by atoms with Crippen LogP contribution in [-0.2, 0) is 11.3 Å². The highest BCUT2D eigenvalue weighted by Gasteiger charge is 2.26. The number of aromatic hydroxyl groups is 1. The maximum atomic E-state index is 9.97. The minimum atomic E-state index is 0.341. The molecule has 1 aromatic rings. The summed E-state index contributed by atoms with van der Waals surface area (Å²) in [6.07, 6.45) is 2.47. The summed E-state index contributed by atoms with van der Waals surface area (Å²) in [7, 11) is 0. The van der Waals surface area contributed by atoms with Crippen molar-refractivity contribution in [1.29, 1.82) is 0 Å². The van der Waals surface area contributed by atoms with Crippen molar-refractivity contribution in [1.82, 2.24) is 9.80 Å². The van der Waals surface area contributed by atoms with Gasteiger partial charge in [-0.15, -0.1) is 0 Å². The van der Waals surface area contributed by atoms with Crippen molar-refractivity contribution < 1.29 is 9.84 Å². The van der Waals surface area contributed by atoms with E-state index in [9.17, 15) is 5.11 Å². The van der Waals surface area contributed by atoms with Crippen LogP contribution < -0.4 is 0 Å². The summed E-state index contributed by atoms with van der Waals surface area (Å²) in [5.74, 6) is 0.341. The van der Waals surface area contributed by atoms with Gasteiger partial charge in [0.2, 0.25) is 0 Å². The molecule has 5 heteroatoms. The van der Waals surface area contributed by atoms with Crippen molar-refractivity contribution >= 4 is 11.6 Å². The van der Waals surface area contributed by atoms with Gasteiger partial charge in [-0.2, -0.15) is 0 Å². The van der Waals surface area contributed by atoms with Crippen LogP contribution in [0.25, 0.3) is 0 Å². The first-order valence-electron chi connectivity index (χ1n) is 7.74. The molecule has 2 fully saturated rings. The van der Waals surface area contributed by atoms with E-state index in [0.717, 1.165) is 51.5 Å². The molecule has 3 rings (SSSR count). The van der Waals surface area contributed by atoms with E-state index in [1.54, 1.807) is 12.1 Å². The minimum absolute atomic E-state index is 0.341. The molecule has 0 spiro atoms. The molecule has 1 unspecified atom stereocenters. The van der Waals surface area contributed by atoms with Gasteiger partial charge in [-0.25, -0.2) is 0 Å². The van der Waals surface area contributed by atoms with Gasteiger partial charge >= 0.3 is 0 Å². The molecule has 116 valence electrons. The number of phenols is 1. The summed E-state index contributed by atoms with van der Waals surface area (Å²) < 4.78 is 5.44. The molecule has 2 saturated heterocycles. The number of likely N-dealkylation sites (tertiary alicyclic amines) is 1. The lowest BCUT2D eigenvalue weighted by Crippen LogP contribution is -2.51. The van der Waals surface area contributed by atoms with Crippen molar-refractivity contribution in [2.24, 2.45) is 0 Å². The summed E-state index contributed by atoms with van der Waals surface area (Å²) in [5, 5.41) is 10.7. The molecule has 0 radical (unpaired) electrons. The van der Waals surface area contributed by atoms with Crippen molar-refractivity contribution in [3.05, 3.63) is 28.8 Å². The number of benzene rings is 1. The number of rotatable bonds is 3. The third kappa shape index (κ3) is 3.89. The summed E-state index contributed by atoms with van der Waals surface area (Å²) in [5.41, 5.74) is 0.921. The largest absolute Gasteiger partial charge is 0.508 e. The van der Waals surface area contributed by atoms with Gasteiger partial charge in [0.05, 0.1) is 13.2 Å². The normalized spacial score (nSPS) is 25.1. The van der Waals surface area contributed by atoms with E-state index in [1.165, 1.54) is 12.8 Å². The molecule has 1 N–H and O–H groups in total. The molecule has 1 atom stereocenters. The second-order valence-electron chi connectivity index (χ2n) is 5.95. The Bertz CT molecular complexity index is 477. The number of hydrogen-bond donors (Lipinski definition) is 1. The molecule has 0 bridgehead atoms. The highest BCUT2D eigenvalue weighted by atomic mass is 35.5. The second kappa shape index (κ2) is 6.97. The quantitative estimate of drug-likeness (QED) is 0.929. The zero-order valence-electron chi connectivity index (χ0n) is 12.3. The number of morpholine rings is 1. The van der Waals surface area contributed by atoms with Crippen LogP contribution in [0.4, 0.5) is 0 Å². The van der Waals surface area contributed by atoms with E-state index in [1.807, 2.05) is 6.07 Å². The van der Waals surface area contributed by atoms with Crippen molar-refractivity contribution in [2.75, 3.05) is 39.4 Å². The Morgan fingerprint density at radius 3 is 2.86 bits per heavy atom. The van der Waals surface area contributed by atoms with E-state index < -0.39 is 0 Å². The molecule has 0 aliphatic carbocycles. The Labute approximate surface area is 131 Å². The molecule has 0 saturated carbocycles. The molecule has 4 nitrogen and oxygen atoms in total. The number of piperidine rings is 1. The Morgan fingerprint density at radius 2 is 2.05 bits per heavy atom. The fraction of sp³-hybridized carbons (Fsp3) is 0.625. The summed E-state index contributed by atoms with van der Waals surface area (Å²) in [6.45, 7) is 6.71. The van der Waals surface area contributed by atoms with Crippen LogP contribution in [0, 0.1) is 0 Å². The molecule has 1 aromatic carbocycles. The van der Waals surface area contributed by atoms with Gasteiger partial charge in [-0.05, 0) is 37.6 Å². The third-order valence-corrected chi connectivity index (χ3v) is 4.71. The first-order chi connectivity index (χ1) is 10.2. The highest BCUT2D eigenvalue weighted by Crippen LogP contribution is 2.25. The van der Waals surface area contributed by atoms with E-state index in [-0.39, 0.29) is 0 Å². The standard InChI is InChI=1S/C16H23ClN2O2/c17-14-3-4-16(20)13(10-14)11-18-5-1-2-15(12-18)19-6-8-21-9-7-19/h3-4,10,15,20H,1-2,5-9,11-12H2. The molecular weight excluding hydrogens is 288 g/mol. The lowest BCUT2D eigenvalue weighted by molar-refractivity contribution is -0.00364. The maximum Gasteiger partial charge on any atom is 0.120 e. The number of ether oxygens (including phenoxy) is 1. The van der Waals surface area contributed by atoms with Crippen LogP contribution in [0.3, 0.4) is 0 Å². The summed E-state index contributed by atoms with van der Waals surface area (Å²) in [4.78, 5) is 4.97. The van der Waals surface area contributed by atoms with E-state index in [2.05, 4.69) is 9.80 Å². The number of phenolic OH excluding ortho intramolecular Hbond substituents is 1. The van der Waals surface area contributed by atoms with Crippen LogP contribution in [-0.4, -0.2) is 60.3 Å². The Balaban J connectivity index is 1.61. The van der Waals surface area contributed by atoms with Gasteiger partial charge in [0, 0.05) is 42.8 Å². The monoisotopic (exact) mass is 310 g/mol. The van der Waals surface area contributed by atoms with Crippen LogP contribution in [0.5, 0.6) is 5.75 Å². The molecule has 2 heterocycles. The predicted molar refractivity (Wildman–Crippen MR) is 83.8 cm³/mol. The Morgan fingerprint density at radius 1 is 1.24 bits per heavy atom. The molecule has 0 amide bonds. The van der Waals surface area contributed by atoms with Gasteiger partial charge in [0.15, 0.2) is 0 Å². The topological polar surface area (TPSA) is 35.9 Å². The average Bonchev–Trinajstić information content (AvgIpc) is 2.52. The SMILES string of the molecule is Oc1ccc(Cl)cc1CN1CCCC(N2CCOCC2)C1. The first kappa shape index (κ1) is 15.1. The molecule has 2 aliphatic heterocycles. The van der Waals surface area contributed by atoms with Gasteiger partial charge in [0.25, 0.3) is 0 Å². The van der Waals surface area contributed by atoms with Gasteiger partial charge in [-0.1, -0.05) is 11.6 Å². The third-order valence-electron chi connectivity index (χ3n) is 4.48. The molecule has 21 heavy (non-hydrogen) atoms. The smallest absolute Gasteiger partial charge is 0.120 e. The van der Waals surface area contributed by atoms with Crippen molar-refractivity contribution in [3.63, 3.8) is 0 Å². The van der Waals surface area contributed by atoms with E-state index in [4.69, 9.17) is 16.3 Å². The van der Waals surface area contributed by atoms with Gasteiger partial charge in [0.1, 0.15) is 5.75 Å². The maximum absolute atomic E-state index is 9.97. The number of nitrogens with zero attached hydrogens (tertiary/aromatic N) is 2. The zero-order valence-corrected chi connectivity index (χ0v) is 13.1. The molecule has 2 aliphatic rings. The predicted octanol–water partition coefficient (Wildman–Crippen LogP) is 2.34. The minimum Gasteiger partial charge on any atom is -0.508 e. The van der Waals surface area contributed by atoms with Crippen LogP contribution in [0.1, 0.15) is 18.4 Å². The highest BCUT2D eigenvalue weighted by molar-refractivity contribution is 6.30. The summed E-state index contributed by atoms with van der Waals surface area (Å²) >= 11 is 6.03. The average molecular weight is 311 g/mol. The number of halogens is 1. The Kier molecular flexibility index (Phi) is 5.01. The van der Waals surface area contributed by atoms with Crippen LogP contribution in [0.2, 0.25) is 5.02 Å². The summed E-state index contributed by atoms with van der Waals surface area (Å²) in [6, 6.07) is 5.90. The van der Waals surface area contributed by atoms with Crippen molar-refractivity contribution in [3.8, 4) is 5.75 Å². The Hall–Kier alpha value is -0.810. The lowest BCUT2D eigenvalue weighted by atomic mass is 10.0. The zero-order chi connectivity index (χ0) is 14.7. The molecule has 0 aromatic heterocycles.